The van der Waals surface area contributed by atoms with Crippen molar-refractivity contribution in [1.82, 2.24) is 20.1 Å². The Morgan fingerprint density at radius 2 is 1.82 bits per heavy atom. The molecule has 1 aliphatic rings. The summed E-state index contributed by atoms with van der Waals surface area (Å²) in [5.74, 6) is 1.63. The Balaban J connectivity index is 1.54. The van der Waals surface area contributed by atoms with Gasteiger partial charge in [-0.25, -0.2) is 0 Å². The third-order valence-electron chi connectivity index (χ3n) is 4.77. The molecule has 1 N–H and O–H groups in total. The van der Waals surface area contributed by atoms with Gasteiger partial charge >= 0.3 is 0 Å². The Morgan fingerprint density at radius 3 is 2.57 bits per heavy atom. The van der Waals surface area contributed by atoms with Crippen LogP contribution in [-0.4, -0.2) is 26.9 Å². The summed E-state index contributed by atoms with van der Waals surface area (Å²) in [7, 11) is 0. The lowest BCUT2D eigenvalue weighted by Gasteiger charge is -2.22. The van der Waals surface area contributed by atoms with Crippen molar-refractivity contribution in [3.8, 4) is 11.5 Å². The molecule has 146 valence electrons. The quantitative estimate of drug-likeness (QED) is 0.701. The topological polar surface area (TPSA) is 63.3 Å². The lowest BCUT2D eigenvalue weighted by Crippen LogP contribution is -2.22. The van der Waals surface area contributed by atoms with Gasteiger partial charge in [-0.2, -0.15) is 5.10 Å². The average molecular weight is 378 g/mol. The van der Waals surface area contributed by atoms with E-state index >= 15 is 0 Å². The molecule has 1 aliphatic heterocycles. The molecule has 0 unspecified atom stereocenters. The summed E-state index contributed by atoms with van der Waals surface area (Å²) in [5.41, 5.74) is 4.57. The lowest BCUT2D eigenvalue weighted by molar-refractivity contribution is 0.174. The van der Waals surface area contributed by atoms with E-state index in [-0.39, 0.29) is 5.41 Å². The van der Waals surface area contributed by atoms with E-state index in [0.29, 0.717) is 6.79 Å². The largest absolute Gasteiger partial charge is 0.454 e. The van der Waals surface area contributed by atoms with Crippen LogP contribution in [-0.2, 0) is 25.0 Å². The van der Waals surface area contributed by atoms with Crippen LogP contribution in [0.4, 0.5) is 0 Å². The van der Waals surface area contributed by atoms with Crippen LogP contribution in [0.1, 0.15) is 43.3 Å². The van der Waals surface area contributed by atoms with Gasteiger partial charge < -0.3 is 9.47 Å². The Labute approximate surface area is 165 Å². The number of nitrogens with one attached hydrogen (secondary N) is 1. The van der Waals surface area contributed by atoms with Gasteiger partial charge in [-0.05, 0) is 35.4 Å². The molecule has 0 spiro atoms. The number of hydrogen-bond acceptors (Lipinski definition) is 5. The number of ether oxygens (including phenoxy) is 2. The zero-order chi connectivity index (χ0) is 19.6. The third-order valence-corrected chi connectivity index (χ3v) is 4.77. The summed E-state index contributed by atoms with van der Waals surface area (Å²) in [6, 6.07) is 12.4. The summed E-state index contributed by atoms with van der Waals surface area (Å²) < 4.78 is 11.0. The maximum absolute atomic E-state index is 5.53. The number of fused-ring (bicyclic) bond motifs is 1. The maximum Gasteiger partial charge on any atom is 0.231 e. The number of nitrogens with zero attached hydrogens (tertiary/aromatic N) is 3. The second-order valence-corrected chi connectivity index (χ2v) is 8.22. The van der Waals surface area contributed by atoms with E-state index in [9.17, 15) is 0 Å². The molecule has 0 fully saturated rings. The molecule has 0 bridgehead atoms. The molecule has 0 aliphatic carbocycles. The van der Waals surface area contributed by atoms with E-state index < -0.39 is 0 Å². The lowest BCUT2D eigenvalue weighted by atomic mass is 9.92. The zero-order valence-electron chi connectivity index (χ0n) is 16.6. The number of aromatic nitrogens is 3. The van der Waals surface area contributed by atoms with Gasteiger partial charge in [0.05, 0.1) is 5.69 Å². The van der Waals surface area contributed by atoms with Crippen molar-refractivity contribution in [2.45, 2.75) is 45.8 Å². The summed E-state index contributed by atoms with van der Waals surface area (Å²) in [6.45, 7) is 9.17. The van der Waals surface area contributed by atoms with Crippen molar-refractivity contribution in [2.75, 3.05) is 6.79 Å². The number of hydrogen-bond donors (Lipinski definition) is 1. The molecule has 6 nitrogen and oxygen atoms in total. The second kappa shape index (κ2) is 7.64. The first-order valence-electron chi connectivity index (χ1n) is 9.52. The molecule has 0 radical (unpaired) electrons. The predicted octanol–water partition coefficient (Wildman–Crippen LogP) is 4.03. The van der Waals surface area contributed by atoms with Crippen molar-refractivity contribution in [3.05, 3.63) is 71.3 Å². The highest BCUT2D eigenvalue weighted by molar-refractivity contribution is 5.44. The Hall–Kier alpha value is -2.86. The van der Waals surface area contributed by atoms with E-state index in [1.165, 1.54) is 11.1 Å². The van der Waals surface area contributed by atoms with Crippen LogP contribution in [0.15, 0.2) is 48.8 Å². The minimum atomic E-state index is 0.0280. The summed E-state index contributed by atoms with van der Waals surface area (Å²) >= 11 is 0. The molecule has 3 heterocycles. The molecule has 0 saturated heterocycles. The smallest absolute Gasteiger partial charge is 0.231 e. The summed E-state index contributed by atoms with van der Waals surface area (Å²) in [4.78, 5) is 6.62. The molecule has 2 aromatic heterocycles. The molecule has 0 atom stereocenters. The highest BCUT2D eigenvalue weighted by atomic mass is 16.7. The molecular formula is C22H26N4O2. The predicted molar refractivity (Wildman–Crippen MR) is 107 cm³/mol. The number of aromatic amines is 1. The van der Waals surface area contributed by atoms with Crippen LogP contribution in [0.25, 0.3) is 0 Å². The first-order valence-corrected chi connectivity index (χ1v) is 9.52. The standard InChI is InChI=1S/C22H26N4O2/c1-22(2,3)21-10-18(24-25-21)14-26(13-17-5-4-8-23-11-17)12-16-6-7-19-20(9-16)28-15-27-19/h4-11H,12-15H2,1-3H3,(H,24,25). The SMILES string of the molecule is CC(C)(C)c1cc(CN(Cc2cccnc2)Cc2ccc3c(c2)OCO3)[nH]n1. The van der Waals surface area contributed by atoms with Crippen molar-refractivity contribution < 1.29 is 9.47 Å². The van der Waals surface area contributed by atoms with Gasteiger partial charge in [0.1, 0.15) is 0 Å². The van der Waals surface area contributed by atoms with Gasteiger partial charge in [0.25, 0.3) is 0 Å². The maximum atomic E-state index is 5.53. The number of benzene rings is 1. The van der Waals surface area contributed by atoms with Crippen LogP contribution < -0.4 is 9.47 Å². The van der Waals surface area contributed by atoms with Gasteiger partial charge in [0.2, 0.25) is 6.79 Å². The molecule has 1 aromatic carbocycles. The van der Waals surface area contributed by atoms with Crippen molar-refractivity contribution in [1.29, 1.82) is 0 Å². The fourth-order valence-corrected chi connectivity index (χ4v) is 3.28. The molecule has 0 saturated carbocycles. The average Bonchev–Trinajstić information content (AvgIpc) is 3.31. The summed E-state index contributed by atoms with van der Waals surface area (Å²) in [6.07, 6.45) is 3.72. The van der Waals surface area contributed by atoms with Crippen LogP contribution in [0, 0.1) is 0 Å². The van der Waals surface area contributed by atoms with E-state index in [1.54, 1.807) is 6.20 Å². The van der Waals surface area contributed by atoms with Crippen molar-refractivity contribution in [2.24, 2.45) is 0 Å². The number of H-pyrrole nitrogens is 1. The first-order chi connectivity index (χ1) is 13.5. The Bertz CT molecular complexity index is 931. The van der Waals surface area contributed by atoms with Gasteiger partial charge in [-0.3, -0.25) is 15.0 Å². The number of rotatable bonds is 6. The van der Waals surface area contributed by atoms with Gasteiger partial charge in [0, 0.05) is 43.1 Å². The second-order valence-electron chi connectivity index (χ2n) is 8.22. The van der Waals surface area contributed by atoms with Crippen LogP contribution >= 0.6 is 0 Å². The minimum absolute atomic E-state index is 0.0280. The number of pyridine rings is 1. The zero-order valence-corrected chi connectivity index (χ0v) is 16.6. The highest BCUT2D eigenvalue weighted by Gasteiger charge is 2.19. The molecule has 0 amide bonds. The normalized spacial score (nSPS) is 13.3. The monoisotopic (exact) mass is 378 g/mol. The van der Waals surface area contributed by atoms with Crippen molar-refractivity contribution >= 4 is 0 Å². The molecule has 3 aromatic rings. The van der Waals surface area contributed by atoms with Gasteiger partial charge in [-0.1, -0.05) is 32.9 Å². The van der Waals surface area contributed by atoms with Crippen LogP contribution in [0.2, 0.25) is 0 Å². The minimum Gasteiger partial charge on any atom is -0.454 e. The van der Waals surface area contributed by atoms with E-state index in [1.807, 2.05) is 18.3 Å². The van der Waals surface area contributed by atoms with Crippen LogP contribution in [0.3, 0.4) is 0 Å². The van der Waals surface area contributed by atoms with Gasteiger partial charge in [-0.15, -0.1) is 0 Å². The van der Waals surface area contributed by atoms with E-state index in [0.717, 1.165) is 42.5 Å². The fraction of sp³-hybridized carbons (Fsp3) is 0.364. The molecule has 6 heteroatoms. The molecule has 4 rings (SSSR count). The van der Waals surface area contributed by atoms with Gasteiger partial charge in [0.15, 0.2) is 11.5 Å². The Morgan fingerprint density at radius 1 is 1.00 bits per heavy atom. The van der Waals surface area contributed by atoms with E-state index in [4.69, 9.17) is 9.47 Å². The first kappa shape index (κ1) is 18.5. The third kappa shape index (κ3) is 4.34. The molecular weight excluding hydrogens is 352 g/mol. The summed E-state index contributed by atoms with van der Waals surface area (Å²) in [5, 5.41) is 7.71. The highest BCUT2D eigenvalue weighted by Crippen LogP contribution is 2.33. The fourth-order valence-electron chi connectivity index (χ4n) is 3.28. The van der Waals surface area contributed by atoms with E-state index in [2.05, 4.69) is 65.1 Å². The van der Waals surface area contributed by atoms with Crippen LogP contribution in [0.5, 0.6) is 11.5 Å². The molecule has 28 heavy (non-hydrogen) atoms. The van der Waals surface area contributed by atoms with Crippen molar-refractivity contribution in [3.63, 3.8) is 0 Å². The Kier molecular flexibility index (Phi) is 5.05.